The molecule has 2 aromatic carbocycles. The average molecular weight is 307 g/mol. The molecule has 0 aliphatic carbocycles. The van der Waals surface area contributed by atoms with Crippen LogP contribution in [0.3, 0.4) is 0 Å². The van der Waals surface area contributed by atoms with E-state index in [1.165, 1.54) is 18.2 Å². The molecule has 0 aromatic heterocycles. The lowest BCUT2D eigenvalue weighted by atomic mass is 10.1. The van der Waals surface area contributed by atoms with Crippen LogP contribution >= 0.6 is 11.6 Å². The van der Waals surface area contributed by atoms with E-state index in [-0.39, 0.29) is 5.02 Å². The fourth-order valence-electron chi connectivity index (χ4n) is 1.73. The molecule has 2 aromatic rings. The first kappa shape index (κ1) is 15.1. The molecule has 3 nitrogen and oxygen atoms in total. The quantitative estimate of drug-likeness (QED) is 0.834. The zero-order valence-corrected chi connectivity index (χ0v) is 11.9. The van der Waals surface area contributed by atoms with Crippen LogP contribution in [-0.4, -0.2) is 11.1 Å². The summed E-state index contributed by atoms with van der Waals surface area (Å²) < 4.78 is 18.9. The highest BCUT2D eigenvalue weighted by molar-refractivity contribution is 6.30. The SMILES string of the molecule is Cc1cc(/C=C/C(=O)O)ccc1Oc1ccc(Cl)c(F)c1. The molecule has 2 rings (SSSR count). The van der Waals surface area contributed by atoms with Crippen LogP contribution in [0.5, 0.6) is 11.5 Å². The second-order valence-electron chi connectivity index (χ2n) is 4.37. The number of rotatable bonds is 4. The molecule has 0 atom stereocenters. The van der Waals surface area contributed by atoms with Crippen LogP contribution in [0.1, 0.15) is 11.1 Å². The molecule has 0 bridgehead atoms. The van der Waals surface area contributed by atoms with E-state index < -0.39 is 11.8 Å². The van der Waals surface area contributed by atoms with Gasteiger partial charge in [-0.25, -0.2) is 9.18 Å². The van der Waals surface area contributed by atoms with Gasteiger partial charge in [-0.2, -0.15) is 0 Å². The van der Waals surface area contributed by atoms with Crippen molar-refractivity contribution < 1.29 is 19.0 Å². The Bertz CT molecular complexity index is 711. The average Bonchev–Trinajstić information content (AvgIpc) is 2.43. The van der Waals surface area contributed by atoms with Gasteiger partial charge in [-0.15, -0.1) is 0 Å². The maximum atomic E-state index is 13.3. The van der Waals surface area contributed by atoms with E-state index in [1.807, 2.05) is 6.92 Å². The Labute approximate surface area is 126 Å². The molecular formula is C16H12ClFO3. The highest BCUT2D eigenvalue weighted by atomic mass is 35.5. The molecule has 0 radical (unpaired) electrons. The fourth-order valence-corrected chi connectivity index (χ4v) is 1.84. The van der Waals surface area contributed by atoms with Crippen molar-refractivity contribution in [2.24, 2.45) is 0 Å². The van der Waals surface area contributed by atoms with Crippen molar-refractivity contribution in [3.63, 3.8) is 0 Å². The van der Waals surface area contributed by atoms with Gasteiger partial charge in [0, 0.05) is 12.1 Å². The van der Waals surface area contributed by atoms with Gasteiger partial charge in [-0.3, -0.25) is 0 Å². The minimum Gasteiger partial charge on any atom is -0.478 e. The number of aryl methyl sites for hydroxylation is 1. The second-order valence-corrected chi connectivity index (χ2v) is 4.78. The predicted octanol–water partition coefficient (Wildman–Crippen LogP) is 4.68. The van der Waals surface area contributed by atoms with E-state index in [4.69, 9.17) is 21.4 Å². The van der Waals surface area contributed by atoms with Crippen molar-refractivity contribution >= 4 is 23.6 Å². The summed E-state index contributed by atoms with van der Waals surface area (Å²) in [5, 5.41) is 8.62. The van der Waals surface area contributed by atoms with E-state index in [0.717, 1.165) is 17.2 Å². The van der Waals surface area contributed by atoms with E-state index >= 15 is 0 Å². The lowest BCUT2D eigenvalue weighted by Crippen LogP contribution is -1.90. The van der Waals surface area contributed by atoms with Crippen molar-refractivity contribution in [2.75, 3.05) is 0 Å². The van der Waals surface area contributed by atoms with Gasteiger partial charge in [0.15, 0.2) is 0 Å². The molecule has 0 amide bonds. The number of halogens is 2. The third-order valence-corrected chi connectivity index (χ3v) is 3.04. The summed E-state index contributed by atoms with van der Waals surface area (Å²) in [5.74, 6) is -0.657. The summed E-state index contributed by atoms with van der Waals surface area (Å²) in [6.45, 7) is 1.82. The van der Waals surface area contributed by atoms with E-state index in [1.54, 1.807) is 24.3 Å². The van der Waals surface area contributed by atoms with Crippen molar-refractivity contribution in [3.05, 3.63) is 64.4 Å². The third-order valence-electron chi connectivity index (χ3n) is 2.74. The fraction of sp³-hybridized carbons (Fsp3) is 0.0625. The standard InChI is InChI=1S/C16H12ClFO3/c1-10-8-11(3-7-16(19)20)2-6-15(10)21-12-4-5-13(17)14(18)9-12/h2-9H,1H3,(H,19,20)/b7-3+. The van der Waals surface area contributed by atoms with E-state index in [9.17, 15) is 9.18 Å². The molecule has 0 aliphatic heterocycles. The molecule has 108 valence electrons. The van der Waals surface area contributed by atoms with Gasteiger partial charge in [0.25, 0.3) is 0 Å². The third kappa shape index (κ3) is 4.07. The first-order valence-electron chi connectivity index (χ1n) is 6.10. The Balaban J connectivity index is 2.21. The minimum absolute atomic E-state index is 0.0354. The molecule has 0 unspecified atom stereocenters. The van der Waals surface area contributed by atoms with Gasteiger partial charge in [0.2, 0.25) is 0 Å². The topological polar surface area (TPSA) is 46.5 Å². The molecular weight excluding hydrogens is 295 g/mol. The molecule has 1 N–H and O–H groups in total. The van der Waals surface area contributed by atoms with E-state index in [2.05, 4.69) is 0 Å². The Morgan fingerprint density at radius 1 is 1.29 bits per heavy atom. The maximum absolute atomic E-state index is 13.3. The van der Waals surface area contributed by atoms with E-state index in [0.29, 0.717) is 11.5 Å². The summed E-state index contributed by atoms with van der Waals surface area (Å²) >= 11 is 5.61. The number of ether oxygens (including phenoxy) is 1. The zero-order chi connectivity index (χ0) is 15.4. The van der Waals surface area contributed by atoms with Crippen molar-refractivity contribution in [1.29, 1.82) is 0 Å². The lowest BCUT2D eigenvalue weighted by Gasteiger charge is -2.09. The summed E-state index contributed by atoms with van der Waals surface area (Å²) in [6.07, 6.45) is 2.55. The van der Waals surface area contributed by atoms with Crippen molar-refractivity contribution in [3.8, 4) is 11.5 Å². The van der Waals surface area contributed by atoms with Gasteiger partial charge in [0.05, 0.1) is 5.02 Å². The normalized spacial score (nSPS) is 10.8. The number of benzene rings is 2. The summed E-state index contributed by atoms with van der Waals surface area (Å²) in [5.41, 5.74) is 1.54. The number of carboxylic acids is 1. The Morgan fingerprint density at radius 2 is 2.05 bits per heavy atom. The number of aliphatic carboxylic acids is 1. The molecule has 0 fully saturated rings. The first-order valence-corrected chi connectivity index (χ1v) is 6.48. The van der Waals surface area contributed by atoms with Crippen molar-refractivity contribution in [1.82, 2.24) is 0 Å². The van der Waals surface area contributed by atoms with Crippen LogP contribution < -0.4 is 4.74 Å². The molecule has 21 heavy (non-hydrogen) atoms. The number of carboxylic acid groups (broad SMARTS) is 1. The van der Waals surface area contributed by atoms with Gasteiger partial charge < -0.3 is 9.84 Å². The number of hydrogen-bond acceptors (Lipinski definition) is 2. The molecule has 0 spiro atoms. The monoisotopic (exact) mass is 306 g/mol. The highest BCUT2D eigenvalue weighted by Crippen LogP contribution is 2.28. The smallest absolute Gasteiger partial charge is 0.328 e. The van der Waals surface area contributed by atoms with Gasteiger partial charge in [0.1, 0.15) is 17.3 Å². The van der Waals surface area contributed by atoms with Crippen LogP contribution in [0, 0.1) is 12.7 Å². The Morgan fingerprint density at radius 3 is 2.67 bits per heavy atom. The minimum atomic E-state index is -1.01. The molecule has 0 saturated heterocycles. The highest BCUT2D eigenvalue weighted by Gasteiger charge is 2.05. The largest absolute Gasteiger partial charge is 0.478 e. The molecule has 5 heteroatoms. The van der Waals surface area contributed by atoms with Crippen LogP contribution in [-0.2, 0) is 4.79 Å². The zero-order valence-electron chi connectivity index (χ0n) is 11.1. The van der Waals surface area contributed by atoms with Crippen LogP contribution in [0.2, 0.25) is 5.02 Å². The van der Waals surface area contributed by atoms with Gasteiger partial charge >= 0.3 is 5.97 Å². The maximum Gasteiger partial charge on any atom is 0.328 e. The lowest BCUT2D eigenvalue weighted by molar-refractivity contribution is -0.131. The van der Waals surface area contributed by atoms with Crippen molar-refractivity contribution in [2.45, 2.75) is 6.92 Å². The summed E-state index contributed by atoms with van der Waals surface area (Å²) in [4.78, 5) is 10.5. The molecule has 0 saturated carbocycles. The summed E-state index contributed by atoms with van der Waals surface area (Å²) in [6, 6.07) is 9.40. The Kier molecular flexibility index (Phi) is 4.60. The second kappa shape index (κ2) is 6.41. The number of carbonyl (C=O) groups is 1. The van der Waals surface area contributed by atoms with Gasteiger partial charge in [-0.1, -0.05) is 17.7 Å². The van der Waals surface area contributed by atoms with Crippen LogP contribution in [0.25, 0.3) is 6.08 Å². The van der Waals surface area contributed by atoms with Gasteiger partial charge in [-0.05, 0) is 48.4 Å². The van der Waals surface area contributed by atoms with Crippen LogP contribution in [0.15, 0.2) is 42.5 Å². The van der Waals surface area contributed by atoms with Crippen LogP contribution in [0.4, 0.5) is 4.39 Å². The molecule has 0 aliphatic rings. The Hall–Kier alpha value is -2.33. The predicted molar refractivity (Wildman–Crippen MR) is 79.3 cm³/mol. The number of hydrogen-bond donors (Lipinski definition) is 1. The first-order chi connectivity index (χ1) is 9.95. The summed E-state index contributed by atoms with van der Waals surface area (Å²) in [7, 11) is 0. The molecule has 0 heterocycles.